The lowest BCUT2D eigenvalue weighted by Crippen LogP contribution is -2.58. The van der Waals surface area contributed by atoms with Crippen molar-refractivity contribution in [2.45, 2.75) is 145 Å². The quantitative estimate of drug-likeness (QED) is 0.0549. The van der Waals surface area contributed by atoms with Crippen LogP contribution in [0.15, 0.2) is 83.9 Å². The molecule has 1 spiro atoms. The van der Waals surface area contributed by atoms with E-state index in [4.69, 9.17) is 19.2 Å². The number of nitrogens with one attached hydrogen (secondary N) is 3. The molecule has 19 heteroatoms. The van der Waals surface area contributed by atoms with E-state index in [1.807, 2.05) is 64.1 Å². The number of para-hydroxylation sites is 1. The fourth-order valence-electron chi connectivity index (χ4n) is 12.9. The summed E-state index contributed by atoms with van der Waals surface area (Å²) in [7, 11) is -4.64. The number of ether oxygens (including phenoxy) is 3. The Hall–Kier alpha value is -5.99. The Morgan fingerprint density at radius 1 is 0.933 bits per heavy atom. The van der Waals surface area contributed by atoms with Gasteiger partial charge in [-0.3, -0.25) is 19.8 Å². The number of pyridine rings is 1. The van der Waals surface area contributed by atoms with Crippen molar-refractivity contribution >= 4 is 55.4 Å². The molecule has 3 saturated heterocycles. The van der Waals surface area contributed by atoms with E-state index in [1.165, 1.54) is 12.1 Å². The van der Waals surface area contributed by atoms with Gasteiger partial charge in [0.15, 0.2) is 0 Å². The first-order chi connectivity index (χ1) is 35.8. The average molecular weight is 1050 g/mol. The van der Waals surface area contributed by atoms with Crippen LogP contribution in [0.2, 0.25) is 0 Å². The molecule has 0 radical (unpaired) electrons. The molecule has 5 N–H and O–H groups in total. The van der Waals surface area contributed by atoms with Gasteiger partial charge in [0.1, 0.15) is 28.9 Å². The van der Waals surface area contributed by atoms with Crippen LogP contribution < -0.4 is 29.3 Å². The molecule has 4 aliphatic heterocycles. The predicted octanol–water partition coefficient (Wildman–Crippen LogP) is 8.76. The van der Waals surface area contributed by atoms with Crippen LogP contribution in [0.25, 0.3) is 11.0 Å². The molecule has 5 aromatic rings. The minimum Gasteiger partial charge on any atom is -0.491 e. The summed E-state index contributed by atoms with van der Waals surface area (Å²) in [5, 5.41) is 38.1. The third-order valence-electron chi connectivity index (χ3n) is 17.1. The molecule has 0 bridgehead atoms. The number of hydrogen-bond acceptors (Lipinski definition) is 15. The molecule has 1 amide bonds. The number of anilines is 4. The number of rotatable bonds is 13. The first-order valence-corrected chi connectivity index (χ1v) is 28.3. The fraction of sp³-hybridized carbons (Fsp3) is 0.536. The van der Waals surface area contributed by atoms with Crippen LogP contribution in [-0.2, 0) is 14.8 Å². The molecule has 0 unspecified atom stereocenters. The molecule has 2 saturated carbocycles. The maximum Gasteiger partial charge on any atom is 0.293 e. The molecule has 4 atom stereocenters. The maximum atomic E-state index is 14.7. The van der Waals surface area contributed by atoms with Crippen molar-refractivity contribution in [2.24, 2.45) is 11.3 Å². The molecule has 75 heavy (non-hydrogen) atoms. The minimum atomic E-state index is -4.64. The molecular weight excluding hydrogens is 977 g/mol. The molecule has 5 fully saturated rings. The summed E-state index contributed by atoms with van der Waals surface area (Å²) < 4.78 is 49.4. The number of amides is 1. The van der Waals surface area contributed by atoms with E-state index in [0.29, 0.717) is 74.2 Å². The van der Waals surface area contributed by atoms with Crippen LogP contribution in [0.5, 0.6) is 11.6 Å². The number of benzene rings is 3. The highest BCUT2D eigenvalue weighted by molar-refractivity contribution is 7.90. The second-order valence-electron chi connectivity index (χ2n) is 23.0. The van der Waals surface area contributed by atoms with Gasteiger partial charge in [0.05, 0.1) is 51.0 Å². The van der Waals surface area contributed by atoms with Crippen molar-refractivity contribution in [1.82, 2.24) is 19.6 Å². The largest absolute Gasteiger partial charge is 0.491 e. The Kier molecular flexibility index (Phi) is 13.5. The number of carbonyl (C=O) groups is 1. The number of carbonyl (C=O) groups excluding carboxylic acids is 1. The average Bonchev–Trinajstić information content (AvgIpc) is 3.84. The first-order valence-electron chi connectivity index (χ1n) is 26.8. The second kappa shape index (κ2) is 19.9. The number of aliphatic hydroxyl groups is 2. The summed E-state index contributed by atoms with van der Waals surface area (Å²) in [4.78, 5) is 41.1. The van der Waals surface area contributed by atoms with Crippen LogP contribution in [0.4, 0.5) is 28.4 Å². The van der Waals surface area contributed by atoms with Crippen LogP contribution in [0.3, 0.4) is 0 Å². The van der Waals surface area contributed by atoms with E-state index in [0.717, 1.165) is 86.6 Å². The van der Waals surface area contributed by atoms with Gasteiger partial charge in [-0.15, -0.1) is 0 Å². The summed E-state index contributed by atoms with van der Waals surface area (Å²) in [6.07, 6.45) is 10.1. The van der Waals surface area contributed by atoms with E-state index in [9.17, 15) is 33.5 Å². The van der Waals surface area contributed by atoms with E-state index in [1.54, 1.807) is 12.3 Å². The Bertz CT molecular complexity index is 3060. The van der Waals surface area contributed by atoms with Gasteiger partial charge in [-0.1, -0.05) is 18.2 Å². The number of nitrogens with zero attached hydrogens (tertiary/aromatic N) is 5. The van der Waals surface area contributed by atoms with Gasteiger partial charge in [0, 0.05) is 73.8 Å². The molecule has 11 rings (SSSR count). The lowest BCUT2D eigenvalue weighted by molar-refractivity contribution is -0.384. The van der Waals surface area contributed by atoms with Crippen molar-refractivity contribution in [3.63, 3.8) is 0 Å². The third kappa shape index (κ3) is 10.4. The summed E-state index contributed by atoms with van der Waals surface area (Å²) in [5.74, 6) is 0.527. The number of piperidine rings is 2. The lowest BCUT2D eigenvalue weighted by Gasteiger charge is -2.58. The van der Waals surface area contributed by atoms with Crippen molar-refractivity contribution in [3.05, 3.63) is 100 Å². The summed E-state index contributed by atoms with van der Waals surface area (Å²) in [5.41, 5.74) is 2.28. The Labute approximate surface area is 438 Å². The topological polar surface area (TPSA) is 225 Å². The van der Waals surface area contributed by atoms with Crippen molar-refractivity contribution in [3.8, 4) is 11.6 Å². The van der Waals surface area contributed by atoms with Crippen LogP contribution in [-0.4, -0.2) is 119 Å². The zero-order valence-corrected chi connectivity index (χ0v) is 44.1. The molecular formula is C56H70N8O10S. The normalized spacial score (nSPS) is 27.0. The lowest BCUT2D eigenvalue weighted by atomic mass is 9.59. The van der Waals surface area contributed by atoms with Crippen molar-refractivity contribution < 1.29 is 42.6 Å². The zero-order valence-electron chi connectivity index (χ0n) is 43.3. The smallest absolute Gasteiger partial charge is 0.293 e. The molecule has 400 valence electrons. The number of H-pyrrole nitrogens is 1. The molecule has 3 aromatic carbocycles. The van der Waals surface area contributed by atoms with Gasteiger partial charge in [-0.2, -0.15) is 4.98 Å². The Morgan fingerprint density at radius 2 is 1.71 bits per heavy atom. The highest BCUT2D eigenvalue weighted by atomic mass is 32.2. The number of aromatic nitrogens is 2. The van der Waals surface area contributed by atoms with Crippen molar-refractivity contribution in [2.75, 3.05) is 54.5 Å². The number of likely N-dealkylation sites (tertiary alicyclic amines) is 1. The first kappa shape index (κ1) is 51.1. The highest BCUT2D eigenvalue weighted by Crippen LogP contribution is 2.55. The van der Waals surface area contributed by atoms with Gasteiger partial charge < -0.3 is 44.5 Å². The third-order valence-corrected chi connectivity index (χ3v) is 18.5. The molecule has 2 aromatic heterocycles. The number of sulfonamides is 1. The van der Waals surface area contributed by atoms with E-state index in [2.05, 4.69) is 41.9 Å². The SMILES string of the molecule is CC(C)Oc1ccccc1[C@@H]1C[C@@](C)(O)CCN1C1CC2(CCN(c3ccc(C(=O)NS(=O)(=O)c4ccc(NCC5CCC(C)(O)CC5)c([N+](=O)[O-])c4)c(N4c5cc6cc[nH]c6nc5O[C@H]5COCC[C@@H]54)c3)CC2)C1. The van der Waals surface area contributed by atoms with Gasteiger partial charge in [-0.25, -0.2) is 13.1 Å². The summed E-state index contributed by atoms with van der Waals surface area (Å²) in [6, 6.07) is 21.4. The van der Waals surface area contributed by atoms with E-state index >= 15 is 0 Å². The van der Waals surface area contributed by atoms with E-state index in [-0.39, 0.29) is 47.4 Å². The molecule has 18 nitrogen and oxygen atoms in total. The van der Waals surface area contributed by atoms with Gasteiger partial charge in [-0.05, 0) is 158 Å². The number of aromatic amines is 1. The van der Waals surface area contributed by atoms with Crippen LogP contribution >= 0.6 is 0 Å². The standard InChI is InChI=1S/C56H70N8O10S/c1-35(2)73-49-8-6-5-7-41(49)48-32-55(4,67)19-25-62(48)39-30-56(31-39)20-23-61(24-21-56)38-9-11-42(45(28-38)63-44-16-26-72-34-50(44)74-53-47(63)27-37-15-22-57-51(37)59-53)52(65)60-75(70,71)40-10-12-43(46(29-40)64(68)69)58-33-36-13-17-54(3,66)18-14-36/h5-12,15,22,27-29,35-36,39,44,48,50,58,66-67H,13-14,16-21,23-26,30-34H2,1-4H3,(H,57,59)(H,60,65)/t36?,44-,48-,50-,54?,55-/m0/s1. The van der Waals surface area contributed by atoms with Gasteiger partial charge in [0.25, 0.3) is 21.6 Å². The fourth-order valence-corrected chi connectivity index (χ4v) is 13.8. The van der Waals surface area contributed by atoms with Gasteiger partial charge in [0.2, 0.25) is 5.88 Å². The maximum absolute atomic E-state index is 14.7. The van der Waals surface area contributed by atoms with Crippen molar-refractivity contribution in [1.29, 1.82) is 0 Å². The number of nitro benzene ring substituents is 1. The van der Waals surface area contributed by atoms with E-state index < -0.39 is 48.7 Å². The summed E-state index contributed by atoms with van der Waals surface area (Å²) in [6.45, 7) is 11.4. The molecule has 6 aliphatic rings. The predicted molar refractivity (Wildman–Crippen MR) is 286 cm³/mol. The zero-order chi connectivity index (χ0) is 52.4. The monoisotopic (exact) mass is 1050 g/mol. The number of hydrogen-bond donors (Lipinski definition) is 5. The number of nitro groups is 1. The summed E-state index contributed by atoms with van der Waals surface area (Å²) >= 11 is 0. The minimum absolute atomic E-state index is 0.0289. The second-order valence-corrected chi connectivity index (χ2v) is 24.7. The van der Waals surface area contributed by atoms with Crippen LogP contribution in [0, 0.1) is 21.4 Å². The molecule has 2 aliphatic carbocycles. The van der Waals surface area contributed by atoms with Gasteiger partial charge >= 0.3 is 0 Å². The molecule has 6 heterocycles. The Morgan fingerprint density at radius 3 is 2.47 bits per heavy atom. The van der Waals surface area contributed by atoms with Crippen LogP contribution in [0.1, 0.15) is 120 Å². The Balaban J connectivity index is 0.861. The highest BCUT2D eigenvalue weighted by Gasteiger charge is 2.51. The number of fused-ring (bicyclic) bond motifs is 3.